The number of carbonyl (C=O) groups excluding carboxylic acids is 1. The van der Waals surface area contributed by atoms with Gasteiger partial charge in [-0.25, -0.2) is 4.98 Å². The van der Waals surface area contributed by atoms with Crippen molar-refractivity contribution in [2.75, 3.05) is 0 Å². The molecule has 2 aromatic rings. The van der Waals surface area contributed by atoms with Crippen LogP contribution in [-0.2, 0) is 13.0 Å². The van der Waals surface area contributed by atoms with Crippen molar-refractivity contribution in [1.29, 1.82) is 0 Å². The average molecular weight is 353 g/mol. The first-order valence-corrected chi connectivity index (χ1v) is 10.1. The summed E-state index contributed by atoms with van der Waals surface area (Å²) in [6, 6.07) is 5.60. The van der Waals surface area contributed by atoms with Gasteiger partial charge in [0.05, 0.1) is 10.9 Å². The molecule has 1 saturated carbocycles. The first-order chi connectivity index (χ1) is 12.7. The summed E-state index contributed by atoms with van der Waals surface area (Å²) in [5.74, 6) is 0.819. The zero-order valence-corrected chi connectivity index (χ0v) is 15.3. The monoisotopic (exact) mass is 353 g/mol. The predicted octanol–water partition coefficient (Wildman–Crippen LogP) is 3.58. The van der Waals surface area contributed by atoms with Gasteiger partial charge in [0.25, 0.3) is 11.5 Å². The van der Waals surface area contributed by atoms with Crippen molar-refractivity contribution in [1.82, 2.24) is 14.9 Å². The standard InChI is InChI=1S/C21H27N3O2/c25-20(22-16-8-4-3-5-9-16)15-11-12-17-18(14-15)23-19-10-6-1-2-7-13-24(19)21(17)26/h11-12,14,16H,1-10,13H2,(H,22,25). The number of aromatic nitrogens is 2. The molecular weight excluding hydrogens is 326 g/mol. The van der Waals surface area contributed by atoms with Crippen molar-refractivity contribution in [3.63, 3.8) is 0 Å². The van der Waals surface area contributed by atoms with Gasteiger partial charge < -0.3 is 5.32 Å². The minimum atomic E-state index is -0.0487. The molecule has 1 aliphatic heterocycles. The van der Waals surface area contributed by atoms with Gasteiger partial charge in [-0.15, -0.1) is 0 Å². The fourth-order valence-electron chi connectivity index (χ4n) is 4.25. The highest BCUT2D eigenvalue weighted by molar-refractivity contribution is 5.97. The van der Waals surface area contributed by atoms with Crippen molar-refractivity contribution in [3.8, 4) is 0 Å². The summed E-state index contributed by atoms with van der Waals surface area (Å²) in [6.07, 6.45) is 11.1. The number of hydrogen-bond donors (Lipinski definition) is 1. The second-order valence-corrected chi connectivity index (χ2v) is 7.69. The average Bonchev–Trinajstić information content (AvgIpc) is 2.64. The first kappa shape index (κ1) is 17.3. The highest BCUT2D eigenvalue weighted by Gasteiger charge is 2.18. The SMILES string of the molecule is O=C(NC1CCCCC1)c1ccc2c(=O)n3c(nc2c1)CCCCCC3. The number of rotatable bonds is 2. The van der Waals surface area contributed by atoms with Crippen LogP contribution in [0.4, 0.5) is 0 Å². The van der Waals surface area contributed by atoms with Crippen LogP contribution in [0.25, 0.3) is 10.9 Å². The van der Waals surface area contributed by atoms with Crippen LogP contribution in [0.5, 0.6) is 0 Å². The van der Waals surface area contributed by atoms with Crippen molar-refractivity contribution in [3.05, 3.63) is 39.9 Å². The third-order valence-corrected chi connectivity index (χ3v) is 5.77. The highest BCUT2D eigenvalue weighted by Crippen LogP contribution is 2.19. The summed E-state index contributed by atoms with van der Waals surface area (Å²) < 4.78 is 1.84. The lowest BCUT2D eigenvalue weighted by atomic mass is 9.95. The Bertz CT molecular complexity index is 865. The second-order valence-electron chi connectivity index (χ2n) is 7.69. The lowest BCUT2D eigenvalue weighted by Crippen LogP contribution is -2.36. The van der Waals surface area contributed by atoms with Gasteiger partial charge in [0.1, 0.15) is 5.82 Å². The Morgan fingerprint density at radius 3 is 2.65 bits per heavy atom. The zero-order chi connectivity index (χ0) is 17.9. The van der Waals surface area contributed by atoms with E-state index in [2.05, 4.69) is 5.32 Å². The van der Waals surface area contributed by atoms with Gasteiger partial charge in [-0.3, -0.25) is 14.2 Å². The quantitative estimate of drug-likeness (QED) is 0.897. The summed E-state index contributed by atoms with van der Waals surface area (Å²) in [5, 5.41) is 3.76. The van der Waals surface area contributed by atoms with E-state index in [0.717, 1.165) is 44.5 Å². The first-order valence-electron chi connectivity index (χ1n) is 10.1. The van der Waals surface area contributed by atoms with Crippen molar-refractivity contribution in [2.45, 2.75) is 76.8 Å². The molecule has 0 atom stereocenters. The van der Waals surface area contributed by atoms with Gasteiger partial charge >= 0.3 is 0 Å². The van der Waals surface area contributed by atoms with E-state index in [1.165, 1.54) is 32.1 Å². The molecule has 1 fully saturated rings. The number of nitrogens with zero attached hydrogens (tertiary/aromatic N) is 2. The third-order valence-electron chi connectivity index (χ3n) is 5.77. The molecule has 1 aromatic carbocycles. The topological polar surface area (TPSA) is 64.0 Å². The molecule has 1 amide bonds. The van der Waals surface area contributed by atoms with Crippen LogP contribution in [0.15, 0.2) is 23.0 Å². The molecule has 2 aliphatic rings. The number of nitrogens with one attached hydrogen (secondary N) is 1. The van der Waals surface area contributed by atoms with Gasteiger partial charge in [-0.1, -0.05) is 32.1 Å². The lowest BCUT2D eigenvalue weighted by molar-refractivity contribution is 0.0928. The van der Waals surface area contributed by atoms with E-state index in [0.29, 0.717) is 16.5 Å². The number of carbonyl (C=O) groups is 1. The maximum atomic E-state index is 12.9. The normalized spacial score (nSPS) is 18.8. The van der Waals surface area contributed by atoms with Gasteiger partial charge in [-0.2, -0.15) is 0 Å². The van der Waals surface area contributed by atoms with E-state index in [9.17, 15) is 9.59 Å². The number of fused-ring (bicyclic) bond motifs is 2. The van der Waals surface area contributed by atoms with Crippen LogP contribution in [-0.4, -0.2) is 21.5 Å². The lowest BCUT2D eigenvalue weighted by Gasteiger charge is -2.22. The Morgan fingerprint density at radius 2 is 1.81 bits per heavy atom. The van der Waals surface area contributed by atoms with Gasteiger partial charge in [0.15, 0.2) is 0 Å². The zero-order valence-electron chi connectivity index (χ0n) is 15.3. The van der Waals surface area contributed by atoms with Crippen molar-refractivity contribution >= 4 is 16.8 Å². The molecule has 0 spiro atoms. The fraction of sp³-hybridized carbons (Fsp3) is 0.571. The fourth-order valence-corrected chi connectivity index (χ4v) is 4.25. The Morgan fingerprint density at radius 1 is 1.04 bits per heavy atom. The molecule has 5 heteroatoms. The molecule has 26 heavy (non-hydrogen) atoms. The predicted molar refractivity (Wildman–Crippen MR) is 103 cm³/mol. The van der Waals surface area contributed by atoms with Crippen molar-refractivity contribution < 1.29 is 4.79 Å². The molecule has 0 unspecified atom stereocenters. The largest absolute Gasteiger partial charge is 0.349 e. The van der Waals surface area contributed by atoms with Gasteiger partial charge in [0.2, 0.25) is 0 Å². The molecule has 0 radical (unpaired) electrons. The second kappa shape index (κ2) is 7.60. The Balaban J connectivity index is 1.64. The van der Waals surface area contributed by atoms with E-state index in [-0.39, 0.29) is 17.5 Å². The highest BCUT2D eigenvalue weighted by atomic mass is 16.1. The molecule has 138 valence electrons. The van der Waals surface area contributed by atoms with E-state index in [1.54, 1.807) is 18.2 Å². The smallest absolute Gasteiger partial charge is 0.261 e. The minimum Gasteiger partial charge on any atom is -0.349 e. The number of hydrogen-bond acceptors (Lipinski definition) is 3. The van der Waals surface area contributed by atoms with Crippen LogP contribution in [0.3, 0.4) is 0 Å². The van der Waals surface area contributed by atoms with Crippen LogP contribution in [0, 0.1) is 0 Å². The van der Waals surface area contributed by atoms with E-state index < -0.39 is 0 Å². The molecule has 5 nitrogen and oxygen atoms in total. The molecule has 1 aromatic heterocycles. The number of amides is 1. The van der Waals surface area contributed by atoms with Crippen molar-refractivity contribution in [2.24, 2.45) is 0 Å². The summed E-state index contributed by atoms with van der Waals surface area (Å²) in [5.41, 5.74) is 1.29. The van der Waals surface area contributed by atoms with Crippen LogP contribution >= 0.6 is 0 Å². The maximum Gasteiger partial charge on any atom is 0.261 e. The molecule has 2 heterocycles. The molecule has 4 rings (SSSR count). The van der Waals surface area contributed by atoms with E-state index in [4.69, 9.17) is 4.98 Å². The molecular formula is C21H27N3O2. The molecule has 1 N–H and O–H groups in total. The molecule has 1 aliphatic carbocycles. The Labute approximate surface area is 153 Å². The Kier molecular flexibility index (Phi) is 5.05. The number of aryl methyl sites for hydroxylation is 1. The minimum absolute atomic E-state index is 0.0335. The van der Waals surface area contributed by atoms with Crippen LogP contribution in [0.2, 0.25) is 0 Å². The molecule has 0 bridgehead atoms. The summed E-state index contributed by atoms with van der Waals surface area (Å²) >= 11 is 0. The number of benzene rings is 1. The summed E-state index contributed by atoms with van der Waals surface area (Å²) in [6.45, 7) is 0.751. The van der Waals surface area contributed by atoms with Gasteiger partial charge in [0, 0.05) is 24.6 Å². The third kappa shape index (κ3) is 3.53. The van der Waals surface area contributed by atoms with Crippen LogP contribution < -0.4 is 10.9 Å². The summed E-state index contributed by atoms with van der Waals surface area (Å²) in [4.78, 5) is 30.2. The van der Waals surface area contributed by atoms with E-state index >= 15 is 0 Å². The molecule has 0 saturated heterocycles. The van der Waals surface area contributed by atoms with Crippen LogP contribution in [0.1, 0.15) is 74.0 Å². The van der Waals surface area contributed by atoms with Gasteiger partial charge in [-0.05, 0) is 43.9 Å². The van der Waals surface area contributed by atoms with E-state index in [1.807, 2.05) is 4.57 Å². The Hall–Kier alpha value is -2.17. The maximum absolute atomic E-state index is 12.9. The summed E-state index contributed by atoms with van der Waals surface area (Å²) in [7, 11) is 0.